The van der Waals surface area contributed by atoms with E-state index in [0.29, 0.717) is 6.54 Å². The molecule has 0 aliphatic heterocycles. The van der Waals surface area contributed by atoms with Crippen molar-refractivity contribution in [2.24, 2.45) is 11.8 Å². The zero-order valence-corrected chi connectivity index (χ0v) is 16.6. The molecule has 4 nitrogen and oxygen atoms in total. The van der Waals surface area contributed by atoms with Gasteiger partial charge in [-0.1, -0.05) is 31.9 Å². The average molecular weight is 432 g/mol. The van der Waals surface area contributed by atoms with Gasteiger partial charge in [0.15, 0.2) is 0 Å². The molecule has 27 heavy (non-hydrogen) atoms. The second-order valence-corrected chi connectivity index (χ2v) is 6.59. The van der Waals surface area contributed by atoms with Crippen molar-refractivity contribution < 1.29 is 27.8 Å². The summed E-state index contributed by atoms with van der Waals surface area (Å²) in [6.07, 6.45) is -0.376. The Balaban J connectivity index is 0.00000338. The fourth-order valence-electron chi connectivity index (χ4n) is 3.21. The lowest BCUT2D eigenvalue weighted by molar-refractivity contribution is -0.274. The molecule has 0 radical (unpaired) electrons. The van der Waals surface area contributed by atoms with Gasteiger partial charge in [-0.25, -0.2) is 0 Å². The third-order valence-electron chi connectivity index (χ3n) is 4.68. The molecule has 1 unspecified atom stereocenters. The van der Waals surface area contributed by atoms with Crippen LogP contribution in [0, 0.1) is 11.8 Å². The Labute approximate surface area is 169 Å². The van der Waals surface area contributed by atoms with E-state index >= 15 is 0 Å². The Morgan fingerprint density at radius 3 is 2.33 bits per heavy atom. The van der Waals surface area contributed by atoms with Gasteiger partial charge in [0.2, 0.25) is 0 Å². The van der Waals surface area contributed by atoms with Crippen LogP contribution in [-0.2, 0) is 11.3 Å². The third kappa shape index (κ3) is 8.58. The molecule has 1 aromatic rings. The Bertz CT molecular complexity index is 564. The van der Waals surface area contributed by atoms with E-state index in [2.05, 4.69) is 17.0 Å². The molecule has 0 amide bonds. The van der Waals surface area contributed by atoms with Crippen LogP contribution in [0.1, 0.15) is 44.6 Å². The standard InChI is InChI=1S/C18H24F3NO3.2ClH/c1-2-3-4-16(17(23)24)13-9-14(10-13)22-11-12-5-7-15(8-6-12)25-18(19,20)21;;/h5-8,13-14,16,22H,2-4,9-11H2,1H3,(H,23,24);2*1H. The summed E-state index contributed by atoms with van der Waals surface area (Å²) in [5, 5.41) is 12.7. The highest BCUT2D eigenvalue weighted by molar-refractivity contribution is 5.85. The molecule has 0 saturated heterocycles. The van der Waals surface area contributed by atoms with E-state index < -0.39 is 12.3 Å². The molecule has 0 heterocycles. The average Bonchev–Trinajstić information content (AvgIpc) is 2.48. The SMILES string of the molecule is CCCCC(C(=O)O)C1CC(NCc2ccc(OC(F)(F)F)cc2)C1.Cl.Cl. The fourth-order valence-corrected chi connectivity index (χ4v) is 3.21. The predicted octanol–water partition coefficient (Wildman–Crippen LogP) is 5.19. The van der Waals surface area contributed by atoms with Crippen LogP contribution in [0.15, 0.2) is 24.3 Å². The number of carbonyl (C=O) groups is 1. The molecule has 1 atom stereocenters. The van der Waals surface area contributed by atoms with Crippen LogP contribution in [0.4, 0.5) is 13.2 Å². The number of unbranched alkanes of at least 4 members (excludes halogenated alkanes) is 1. The molecule has 1 fully saturated rings. The summed E-state index contributed by atoms with van der Waals surface area (Å²) < 4.78 is 40.2. The topological polar surface area (TPSA) is 58.6 Å². The van der Waals surface area contributed by atoms with Crippen molar-refractivity contribution in [1.82, 2.24) is 5.32 Å². The molecule has 1 aliphatic rings. The molecule has 1 aliphatic carbocycles. The summed E-state index contributed by atoms with van der Waals surface area (Å²) in [5.74, 6) is -1.00. The van der Waals surface area contributed by atoms with Crippen molar-refractivity contribution in [2.75, 3.05) is 0 Å². The van der Waals surface area contributed by atoms with Crippen molar-refractivity contribution >= 4 is 30.8 Å². The first-order valence-electron chi connectivity index (χ1n) is 8.59. The molecule has 9 heteroatoms. The number of benzene rings is 1. The first-order chi connectivity index (χ1) is 11.8. The molecule has 2 rings (SSSR count). The largest absolute Gasteiger partial charge is 0.573 e. The van der Waals surface area contributed by atoms with Gasteiger partial charge in [0, 0.05) is 12.6 Å². The van der Waals surface area contributed by atoms with Crippen LogP contribution in [0.2, 0.25) is 0 Å². The van der Waals surface area contributed by atoms with Gasteiger partial charge in [0.05, 0.1) is 5.92 Å². The van der Waals surface area contributed by atoms with E-state index in [1.165, 1.54) is 12.1 Å². The van der Waals surface area contributed by atoms with Gasteiger partial charge in [-0.3, -0.25) is 4.79 Å². The summed E-state index contributed by atoms with van der Waals surface area (Å²) in [7, 11) is 0. The Morgan fingerprint density at radius 1 is 1.26 bits per heavy atom. The predicted molar refractivity (Wildman–Crippen MR) is 102 cm³/mol. The van der Waals surface area contributed by atoms with Crippen molar-refractivity contribution in [3.05, 3.63) is 29.8 Å². The van der Waals surface area contributed by atoms with Crippen LogP contribution >= 0.6 is 24.8 Å². The third-order valence-corrected chi connectivity index (χ3v) is 4.68. The number of ether oxygens (including phenoxy) is 1. The summed E-state index contributed by atoms with van der Waals surface area (Å²) in [6.45, 7) is 2.59. The second-order valence-electron chi connectivity index (χ2n) is 6.59. The first kappa shape index (κ1) is 25.8. The Hall–Kier alpha value is -1.18. The summed E-state index contributed by atoms with van der Waals surface area (Å²) >= 11 is 0. The maximum Gasteiger partial charge on any atom is 0.573 e. The molecule has 0 bridgehead atoms. The van der Waals surface area contributed by atoms with E-state index in [1.807, 2.05) is 0 Å². The molecule has 2 N–H and O–H groups in total. The molecular formula is C18H26Cl2F3NO3. The number of alkyl halides is 3. The molecule has 1 aromatic carbocycles. The molecule has 156 valence electrons. The number of nitrogens with one attached hydrogen (secondary N) is 1. The normalized spacial score (nSPS) is 19.9. The minimum Gasteiger partial charge on any atom is -0.481 e. The maximum absolute atomic E-state index is 12.1. The highest BCUT2D eigenvalue weighted by atomic mass is 35.5. The van der Waals surface area contributed by atoms with Crippen LogP contribution < -0.4 is 10.1 Å². The highest BCUT2D eigenvalue weighted by Crippen LogP contribution is 2.37. The zero-order valence-electron chi connectivity index (χ0n) is 15.0. The Morgan fingerprint density at radius 2 is 1.85 bits per heavy atom. The highest BCUT2D eigenvalue weighted by Gasteiger charge is 2.37. The number of hydrogen-bond acceptors (Lipinski definition) is 3. The van der Waals surface area contributed by atoms with Gasteiger partial charge in [0.25, 0.3) is 0 Å². The van der Waals surface area contributed by atoms with Crippen LogP contribution in [0.25, 0.3) is 0 Å². The first-order valence-corrected chi connectivity index (χ1v) is 8.59. The van der Waals surface area contributed by atoms with Gasteiger partial charge >= 0.3 is 12.3 Å². The lowest BCUT2D eigenvalue weighted by atomic mass is 9.70. The van der Waals surface area contributed by atoms with Crippen LogP contribution in [0.3, 0.4) is 0 Å². The van der Waals surface area contributed by atoms with Crippen molar-refractivity contribution in [2.45, 2.75) is 58.0 Å². The molecular weight excluding hydrogens is 406 g/mol. The maximum atomic E-state index is 12.1. The Kier molecular flexibility index (Phi) is 11.1. The van der Waals surface area contributed by atoms with Gasteiger partial charge in [-0.2, -0.15) is 0 Å². The monoisotopic (exact) mass is 431 g/mol. The zero-order chi connectivity index (χ0) is 18.4. The van der Waals surface area contributed by atoms with Gasteiger partial charge < -0.3 is 15.2 Å². The lowest BCUT2D eigenvalue weighted by Crippen LogP contribution is -2.45. The summed E-state index contributed by atoms with van der Waals surface area (Å²) in [5.41, 5.74) is 0.860. The van der Waals surface area contributed by atoms with Crippen molar-refractivity contribution in [1.29, 1.82) is 0 Å². The lowest BCUT2D eigenvalue weighted by Gasteiger charge is -2.39. The van der Waals surface area contributed by atoms with Crippen molar-refractivity contribution in [3.8, 4) is 5.75 Å². The minimum absolute atomic E-state index is 0. The number of aliphatic carboxylic acids is 1. The smallest absolute Gasteiger partial charge is 0.481 e. The van der Waals surface area contributed by atoms with E-state index in [9.17, 15) is 23.1 Å². The summed E-state index contributed by atoms with van der Waals surface area (Å²) in [4.78, 5) is 11.3. The van der Waals surface area contributed by atoms with Crippen molar-refractivity contribution in [3.63, 3.8) is 0 Å². The second kappa shape index (κ2) is 11.6. The molecule has 0 spiro atoms. The van der Waals surface area contributed by atoms with E-state index in [4.69, 9.17) is 0 Å². The van der Waals surface area contributed by atoms with Gasteiger partial charge in [-0.05, 0) is 42.9 Å². The number of hydrogen-bond donors (Lipinski definition) is 2. The van der Waals surface area contributed by atoms with Gasteiger partial charge in [-0.15, -0.1) is 38.0 Å². The number of rotatable bonds is 9. The molecule has 1 saturated carbocycles. The van der Waals surface area contributed by atoms with E-state index in [1.54, 1.807) is 12.1 Å². The fraction of sp³-hybridized carbons (Fsp3) is 0.611. The van der Waals surface area contributed by atoms with Crippen LogP contribution in [-0.4, -0.2) is 23.5 Å². The van der Waals surface area contributed by atoms with Gasteiger partial charge in [0.1, 0.15) is 5.75 Å². The minimum atomic E-state index is -4.68. The van der Waals surface area contributed by atoms with Crippen LogP contribution in [0.5, 0.6) is 5.75 Å². The number of halogens is 5. The quantitative estimate of drug-likeness (QED) is 0.564. The van der Waals surface area contributed by atoms with E-state index in [0.717, 1.165) is 37.7 Å². The number of carboxylic acid groups (broad SMARTS) is 1. The van der Waals surface area contributed by atoms with E-state index in [-0.39, 0.29) is 48.4 Å². The summed E-state index contributed by atoms with van der Waals surface area (Å²) in [6, 6.07) is 6.02. The molecule has 0 aromatic heterocycles. The number of carboxylic acids is 1.